The van der Waals surface area contributed by atoms with E-state index in [1.165, 1.54) is 12.1 Å². The molecule has 6 nitrogen and oxygen atoms in total. The minimum absolute atomic E-state index is 0.0460. The van der Waals surface area contributed by atoms with Gasteiger partial charge in [0, 0.05) is 11.1 Å². The molecule has 0 spiro atoms. The number of carbonyl (C=O) groups is 1. The number of nitro benzene ring substituents is 1. The molecule has 2 aromatic carbocycles. The Balaban J connectivity index is 2.14. The van der Waals surface area contributed by atoms with Crippen molar-refractivity contribution in [3.63, 3.8) is 0 Å². The van der Waals surface area contributed by atoms with E-state index in [0.717, 1.165) is 11.1 Å². The highest BCUT2D eigenvalue weighted by molar-refractivity contribution is 6.32. The van der Waals surface area contributed by atoms with Gasteiger partial charge in [-0.3, -0.25) is 14.9 Å². The van der Waals surface area contributed by atoms with Crippen molar-refractivity contribution in [1.29, 1.82) is 0 Å². The van der Waals surface area contributed by atoms with Gasteiger partial charge in [-0.1, -0.05) is 17.7 Å². The number of carbonyl (C=O) groups excluding carboxylic acids is 1. The SMILES string of the molecule is Cc1cc(O[C@@H](C)C(=O)Nc2cccc([N+](=O)[O-])c2C)cc(C)c1Cl. The molecule has 2 rings (SSSR count). The smallest absolute Gasteiger partial charge is 0.274 e. The van der Waals surface area contributed by atoms with Crippen molar-refractivity contribution in [2.75, 3.05) is 5.32 Å². The molecule has 0 saturated heterocycles. The van der Waals surface area contributed by atoms with Gasteiger partial charge in [0.05, 0.1) is 16.2 Å². The monoisotopic (exact) mass is 362 g/mol. The number of benzene rings is 2. The lowest BCUT2D eigenvalue weighted by Gasteiger charge is -2.17. The third-order valence-electron chi connectivity index (χ3n) is 3.85. The number of rotatable bonds is 5. The minimum atomic E-state index is -0.779. The van der Waals surface area contributed by atoms with Crippen LogP contribution < -0.4 is 10.1 Å². The second-order valence-corrected chi connectivity index (χ2v) is 6.21. The van der Waals surface area contributed by atoms with E-state index in [-0.39, 0.29) is 5.69 Å². The van der Waals surface area contributed by atoms with E-state index in [4.69, 9.17) is 16.3 Å². The lowest BCUT2D eigenvalue weighted by Crippen LogP contribution is -2.30. The summed E-state index contributed by atoms with van der Waals surface area (Å²) in [7, 11) is 0. The minimum Gasteiger partial charge on any atom is -0.481 e. The van der Waals surface area contributed by atoms with Gasteiger partial charge in [0.25, 0.3) is 11.6 Å². The van der Waals surface area contributed by atoms with E-state index in [2.05, 4.69) is 5.32 Å². The number of amides is 1. The standard InChI is InChI=1S/C18H19ClN2O4/c1-10-8-14(9-11(2)17(10)19)25-13(4)18(22)20-15-6-5-7-16(12(15)3)21(23)24/h5-9,13H,1-4H3,(H,20,22)/t13-/m0/s1. The van der Waals surface area contributed by atoms with Crippen LogP contribution in [0.5, 0.6) is 5.75 Å². The van der Waals surface area contributed by atoms with Gasteiger partial charge >= 0.3 is 0 Å². The predicted molar refractivity (Wildman–Crippen MR) is 97.5 cm³/mol. The van der Waals surface area contributed by atoms with Crippen LogP contribution in [0.2, 0.25) is 5.02 Å². The Hall–Kier alpha value is -2.60. The Bertz CT molecular complexity index is 813. The van der Waals surface area contributed by atoms with Crippen molar-refractivity contribution in [3.05, 3.63) is 62.2 Å². The summed E-state index contributed by atoms with van der Waals surface area (Å²) in [6, 6.07) is 8.06. The van der Waals surface area contributed by atoms with Crippen LogP contribution in [0, 0.1) is 30.9 Å². The van der Waals surface area contributed by atoms with Gasteiger partial charge in [-0.15, -0.1) is 0 Å². The first kappa shape index (κ1) is 18.7. The van der Waals surface area contributed by atoms with Crippen LogP contribution in [-0.4, -0.2) is 16.9 Å². The summed E-state index contributed by atoms with van der Waals surface area (Å²) in [6.07, 6.45) is -0.779. The second-order valence-electron chi connectivity index (χ2n) is 5.83. The number of anilines is 1. The van der Waals surface area contributed by atoms with Crippen LogP contribution in [0.1, 0.15) is 23.6 Å². The number of nitrogens with zero attached hydrogens (tertiary/aromatic N) is 1. The maximum absolute atomic E-state index is 12.4. The molecule has 0 aliphatic heterocycles. The topological polar surface area (TPSA) is 81.5 Å². The Labute approximate surface area is 150 Å². The first-order valence-corrected chi connectivity index (χ1v) is 8.06. The lowest BCUT2D eigenvalue weighted by molar-refractivity contribution is -0.385. The van der Waals surface area contributed by atoms with Crippen LogP contribution in [0.25, 0.3) is 0 Å². The number of nitro groups is 1. The Morgan fingerprint density at radius 3 is 2.40 bits per heavy atom. The number of hydrogen-bond donors (Lipinski definition) is 1. The number of halogens is 1. The molecule has 7 heteroatoms. The molecule has 0 radical (unpaired) electrons. The molecule has 0 bridgehead atoms. The zero-order valence-corrected chi connectivity index (χ0v) is 15.2. The van der Waals surface area contributed by atoms with E-state index in [9.17, 15) is 14.9 Å². The number of nitrogens with one attached hydrogen (secondary N) is 1. The second kappa shape index (κ2) is 7.53. The van der Waals surface area contributed by atoms with E-state index in [1.54, 1.807) is 32.0 Å². The first-order valence-electron chi connectivity index (χ1n) is 7.69. The summed E-state index contributed by atoms with van der Waals surface area (Å²) in [5.41, 5.74) is 2.46. The van der Waals surface area contributed by atoms with E-state index < -0.39 is 16.9 Å². The van der Waals surface area contributed by atoms with E-state index in [0.29, 0.717) is 22.0 Å². The van der Waals surface area contributed by atoms with Crippen molar-refractivity contribution >= 4 is 28.9 Å². The molecule has 1 N–H and O–H groups in total. The molecule has 0 aliphatic rings. The molecular weight excluding hydrogens is 344 g/mol. The van der Waals surface area contributed by atoms with Gasteiger partial charge in [-0.2, -0.15) is 0 Å². The number of ether oxygens (including phenoxy) is 1. The molecule has 0 heterocycles. The van der Waals surface area contributed by atoms with Gasteiger partial charge in [-0.25, -0.2) is 0 Å². The van der Waals surface area contributed by atoms with Gasteiger partial charge < -0.3 is 10.1 Å². The highest BCUT2D eigenvalue weighted by Crippen LogP contribution is 2.27. The lowest BCUT2D eigenvalue weighted by atomic mass is 10.1. The van der Waals surface area contributed by atoms with Gasteiger partial charge in [-0.05, 0) is 57.0 Å². The Morgan fingerprint density at radius 2 is 1.84 bits per heavy atom. The molecule has 1 amide bonds. The highest BCUT2D eigenvalue weighted by atomic mass is 35.5. The zero-order valence-electron chi connectivity index (χ0n) is 14.4. The quantitative estimate of drug-likeness (QED) is 0.623. The predicted octanol–water partition coefficient (Wildman–Crippen LogP) is 4.58. The van der Waals surface area contributed by atoms with Crippen LogP contribution in [0.15, 0.2) is 30.3 Å². The zero-order chi connectivity index (χ0) is 18.7. The Morgan fingerprint density at radius 1 is 1.24 bits per heavy atom. The van der Waals surface area contributed by atoms with Crippen LogP contribution in [-0.2, 0) is 4.79 Å². The molecule has 0 fully saturated rings. The van der Waals surface area contributed by atoms with Crippen molar-refractivity contribution in [1.82, 2.24) is 0 Å². The van der Waals surface area contributed by atoms with Crippen LogP contribution in [0.4, 0.5) is 11.4 Å². The summed E-state index contributed by atoms with van der Waals surface area (Å²) in [5.74, 6) is 0.145. The average Bonchev–Trinajstić information content (AvgIpc) is 2.54. The van der Waals surface area contributed by atoms with Crippen molar-refractivity contribution in [3.8, 4) is 5.75 Å². The third-order valence-corrected chi connectivity index (χ3v) is 4.45. The summed E-state index contributed by atoms with van der Waals surface area (Å²) < 4.78 is 5.68. The fraction of sp³-hybridized carbons (Fsp3) is 0.278. The van der Waals surface area contributed by atoms with Crippen molar-refractivity contribution in [2.45, 2.75) is 33.8 Å². The molecule has 0 aliphatic carbocycles. The largest absolute Gasteiger partial charge is 0.481 e. The summed E-state index contributed by atoms with van der Waals surface area (Å²) >= 11 is 6.12. The summed E-state index contributed by atoms with van der Waals surface area (Å²) in [4.78, 5) is 22.9. The maximum Gasteiger partial charge on any atom is 0.274 e. The highest BCUT2D eigenvalue weighted by Gasteiger charge is 2.19. The normalized spacial score (nSPS) is 11.7. The molecule has 1 atom stereocenters. The van der Waals surface area contributed by atoms with Gasteiger partial charge in [0.2, 0.25) is 0 Å². The van der Waals surface area contributed by atoms with E-state index in [1.807, 2.05) is 13.8 Å². The molecular formula is C18H19ClN2O4. The fourth-order valence-electron chi connectivity index (χ4n) is 2.42. The summed E-state index contributed by atoms with van der Waals surface area (Å²) in [6.45, 7) is 6.92. The molecule has 0 saturated carbocycles. The number of hydrogen-bond acceptors (Lipinski definition) is 4. The van der Waals surface area contributed by atoms with Crippen molar-refractivity contribution < 1.29 is 14.5 Å². The molecule has 2 aromatic rings. The molecule has 25 heavy (non-hydrogen) atoms. The van der Waals surface area contributed by atoms with Crippen LogP contribution in [0.3, 0.4) is 0 Å². The molecule has 0 aromatic heterocycles. The van der Waals surface area contributed by atoms with Gasteiger partial charge in [0.1, 0.15) is 5.75 Å². The summed E-state index contributed by atoms with van der Waals surface area (Å²) in [5, 5.41) is 14.3. The maximum atomic E-state index is 12.4. The number of aryl methyl sites for hydroxylation is 2. The molecule has 0 unspecified atom stereocenters. The first-order chi connectivity index (χ1) is 11.7. The average molecular weight is 363 g/mol. The van der Waals surface area contributed by atoms with Crippen molar-refractivity contribution in [2.24, 2.45) is 0 Å². The Kier molecular flexibility index (Phi) is 5.64. The molecule has 132 valence electrons. The van der Waals surface area contributed by atoms with Gasteiger partial charge in [0.15, 0.2) is 6.10 Å². The third kappa shape index (κ3) is 4.28. The van der Waals surface area contributed by atoms with Crippen LogP contribution >= 0.6 is 11.6 Å². The van der Waals surface area contributed by atoms with E-state index >= 15 is 0 Å². The fourth-order valence-corrected chi connectivity index (χ4v) is 2.53.